The average molecular weight is 434 g/mol. The molecular formula is C19H31O9P. The second kappa shape index (κ2) is 12.1. The number of hydrogen-bond donors (Lipinski definition) is 0. The van der Waals surface area contributed by atoms with Gasteiger partial charge in [-0.3, -0.25) is 9.30 Å². The Balaban J connectivity index is 5.81. The lowest BCUT2D eigenvalue weighted by Crippen LogP contribution is -2.58. The minimum Gasteiger partial charge on any atom is -0.433 e. The van der Waals surface area contributed by atoms with Gasteiger partial charge in [0, 0.05) is 24.4 Å². The summed E-state index contributed by atoms with van der Waals surface area (Å²) in [6.07, 6.45) is -2.32. The van der Waals surface area contributed by atoms with E-state index in [1.165, 1.54) is 34.6 Å². The van der Waals surface area contributed by atoms with Crippen molar-refractivity contribution in [1.82, 2.24) is 0 Å². The van der Waals surface area contributed by atoms with Crippen LogP contribution in [0.25, 0.3) is 0 Å². The standard InChI is InChI=1S/C19H31O9P/c1-10-23-18(9,27-14(7)25-16(20)12(3)4)19(29-22,24-11-2)28-15(8)26-17(21)13(5)6/h14-15H,3,5,10-11H2,1-2,4,6-9H3. The Kier molecular flexibility index (Phi) is 11.5. The lowest BCUT2D eigenvalue weighted by Gasteiger charge is -2.43. The van der Waals surface area contributed by atoms with Crippen LogP contribution in [0.2, 0.25) is 0 Å². The van der Waals surface area contributed by atoms with Crippen LogP contribution in [0, 0.1) is 0 Å². The third-order valence-corrected chi connectivity index (χ3v) is 4.29. The molecule has 0 N–H and O–H groups in total. The Morgan fingerprint density at radius 1 is 0.897 bits per heavy atom. The van der Waals surface area contributed by atoms with Gasteiger partial charge in [0.1, 0.15) is 0 Å². The number of carbonyl (C=O) groups is 2. The zero-order chi connectivity index (χ0) is 22.8. The number of esters is 2. The van der Waals surface area contributed by atoms with Gasteiger partial charge in [-0.1, -0.05) is 13.2 Å². The van der Waals surface area contributed by atoms with E-state index in [-0.39, 0.29) is 24.4 Å². The van der Waals surface area contributed by atoms with Crippen LogP contribution in [-0.4, -0.2) is 49.0 Å². The van der Waals surface area contributed by atoms with E-state index in [1.807, 2.05) is 0 Å². The van der Waals surface area contributed by atoms with E-state index in [0.717, 1.165) is 0 Å². The van der Waals surface area contributed by atoms with Crippen LogP contribution in [0.4, 0.5) is 0 Å². The summed E-state index contributed by atoms with van der Waals surface area (Å²) in [5, 5.41) is 0. The topological polar surface area (TPSA) is 107 Å². The largest absolute Gasteiger partial charge is 0.433 e. The predicted octanol–water partition coefficient (Wildman–Crippen LogP) is 3.68. The Morgan fingerprint density at radius 2 is 1.31 bits per heavy atom. The normalized spacial score (nSPS) is 17.5. The fourth-order valence-corrected chi connectivity index (χ4v) is 2.82. The van der Waals surface area contributed by atoms with Gasteiger partial charge >= 0.3 is 17.5 Å². The first-order valence-corrected chi connectivity index (χ1v) is 9.90. The molecular weight excluding hydrogens is 403 g/mol. The summed E-state index contributed by atoms with van der Waals surface area (Å²) in [5.41, 5.74) is -1.71. The first-order valence-electron chi connectivity index (χ1n) is 9.09. The van der Waals surface area contributed by atoms with Gasteiger partial charge in [0.25, 0.3) is 0 Å². The highest BCUT2D eigenvalue weighted by Gasteiger charge is 2.57. The van der Waals surface area contributed by atoms with Crippen molar-refractivity contribution in [3.8, 4) is 0 Å². The maximum absolute atomic E-state index is 12.2. The molecule has 9 nitrogen and oxygen atoms in total. The lowest BCUT2D eigenvalue weighted by atomic mass is 10.3. The molecule has 10 heteroatoms. The fraction of sp³-hybridized carbons (Fsp3) is 0.684. The van der Waals surface area contributed by atoms with Gasteiger partial charge in [-0.15, -0.1) is 0 Å². The molecule has 0 rings (SSSR count). The summed E-state index contributed by atoms with van der Waals surface area (Å²) < 4.78 is 45.1. The third kappa shape index (κ3) is 7.95. The molecule has 0 heterocycles. The van der Waals surface area contributed by atoms with E-state index in [2.05, 4.69) is 13.2 Å². The molecule has 0 aromatic rings. The van der Waals surface area contributed by atoms with E-state index in [9.17, 15) is 14.2 Å². The molecule has 166 valence electrons. The van der Waals surface area contributed by atoms with E-state index in [4.69, 9.17) is 28.4 Å². The molecule has 0 spiro atoms. The van der Waals surface area contributed by atoms with E-state index < -0.39 is 44.3 Å². The van der Waals surface area contributed by atoms with Gasteiger partial charge in [0.15, 0.2) is 0 Å². The first kappa shape index (κ1) is 27.4. The first-order chi connectivity index (χ1) is 13.4. The third-order valence-electron chi connectivity index (χ3n) is 3.41. The van der Waals surface area contributed by atoms with Crippen LogP contribution in [0.5, 0.6) is 0 Å². The van der Waals surface area contributed by atoms with Crippen molar-refractivity contribution in [3.05, 3.63) is 24.3 Å². The van der Waals surface area contributed by atoms with Crippen molar-refractivity contribution in [3.63, 3.8) is 0 Å². The van der Waals surface area contributed by atoms with Gasteiger partial charge in [0.05, 0.1) is 0 Å². The SMILES string of the molecule is C=C(C)C(=O)OC(C)OC(C)(OCC)C(OCC)(OC(C)OC(=O)C(=C)C)P=O. The zero-order valence-corrected chi connectivity index (χ0v) is 19.0. The van der Waals surface area contributed by atoms with Crippen LogP contribution < -0.4 is 0 Å². The molecule has 4 unspecified atom stereocenters. The molecule has 0 aromatic carbocycles. The Hall–Kier alpha value is -1.64. The van der Waals surface area contributed by atoms with Crippen molar-refractivity contribution in [2.45, 2.75) is 72.4 Å². The molecule has 0 saturated carbocycles. The van der Waals surface area contributed by atoms with Crippen LogP contribution in [0.15, 0.2) is 24.3 Å². The highest BCUT2D eigenvalue weighted by atomic mass is 31.1. The van der Waals surface area contributed by atoms with Crippen LogP contribution >= 0.6 is 8.46 Å². The van der Waals surface area contributed by atoms with E-state index in [1.54, 1.807) is 13.8 Å². The Morgan fingerprint density at radius 3 is 1.66 bits per heavy atom. The van der Waals surface area contributed by atoms with Gasteiger partial charge in [-0.25, -0.2) is 9.59 Å². The zero-order valence-electron chi connectivity index (χ0n) is 18.1. The molecule has 0 saturated heterocycles. The van der Waals surface area contributed by atoms with Crippen molar-refractivity contribution in [1.29, 1.82) is 0 Å². The van der Waals surface area contributed by atoms with E-state index in [0.29, 0.717) is 0 Å². The molecule has 0 aliphatic heterocycles. The van der Waals surface area contributed by atoms with Crippen LogP contribution in [-0.2, 0) is 42.6 Å². The van der Waals surface area contributed by atoms with Gasteiger partial charge < -0.3 is 23.7 Å². The Labute approximate surface area is 173 Å². The van der Waals surface area contributed by atoms with Crippen molar-refractivity contribution >= 4 is 20.4 Å². The number of rotatable bonds is 14. The number of carbonyl (C=O) groups excluding carboxylic acids is 2. The molecule has 29 heavy (non-hydrogen) atoms. The molecule has 4 atom stereocenters. The molecule has 0 aromatic heterocycles. The average Bonchev–Trinajstić information content (AvgIpc) is 2.60. The molecule has 0 radical (unpaired) electrons. The van der Waals surface area contributed by atoms with Crippen LogP contribution in [0.1, 0.15) is 48.5 Å². The van der Waals surface area contributed by atoms with Crippen molar-refractivity contribution < 1.29 is 42.6 Å². The van der Waals surface area contributed by atoms with E-state index >= 15 is 0 Å². The van der Waals surface area contributed by atoms with Gasteiger partial charge in [0.2, 0.25) is 26.8 Å². The van der Waals surface area contributed by atoms with Gasteiger partial charge in [-0.05, 0) is 48.5 Å². The molecule has 0 aliphatic carbocycles. The molecule has 0 bridgehead atoms. The summed E-state index contributed by atoms with van der Waals surface area (Å²) in [6, 6.07) is 0. The summed E-state index contributed by atoms with van der Waals surface area (Å²) in [5.74, 6) is -3.20. The summed E-state index contributed by atoms with van der Waals surface area (Å²) >= 11 is 0. The van der Waals surface area contributed by atoms with Crippen LogP contribution in [0.3, 0.4) is 0 Å². The monoisotopic (exact) mass is 434 g/mol. The summed E-state index contributed by atoms with van der Waals surface area (Å²) in [4.78, 5) is 23.5. The lowest BCUT2D eigenvalue weighted by molar-refractivity contribution is -0.407. The smallest absolute Gasteiger partial charge is 0.335 e. The van der Waals surface area contributed by atoms with Crippen molar-refractivity contribution in [2.24, 2.45) is 0 Å². The summed E-state index contributed by atoms with van der Waals surface area (Å²) in [6.45, 7) is 17.7. The Bertz CT molecular complexity index is 621. The quantitative estimate of drug-likeness (QED) is 0.175. The second-order valence-electron chi connectivity index (χ2n) is 6.23. The minimum absolute atomic E-state index is 0.0579. The molecule has 0 amide bonds. The highest BCUT2D eigenvalue weighted by molar-refractivity contribution is 7.25. The number of hydrogen-bond acceptors (Lipinski definition) is 9. The summed E-state index contributed by atoms with van der Waals surface area (Å²) in [7, 11) is -0.675. The van der Waals surface area contributed by atoms with Crippen molar-refractivity contribution in [2.75, 3.05) is 13.2 Å². The number of ether oxygens (including phenoxy) is 6. The maximum atomic E-state index is 12.2. The van der Waals surface area contributed by atoms with Gasteiger partial charge in [-0.2, -0.15) is 0 Å². The fourth-order valence-electron chi connectivity index (χ4n) is 2.17. The minimum atomic E-state index is -2.05. The predicted molar refractivity (Wildman–Crippen MR) is 105 cm³/mol. The molecule has 0 fully saturated rings. The second-order valence-corrected chi connectivity index (χ2v) is 7.00. The maximum Gasteiger partial charge on any atom is 0.335 e. The molecule has 0 aliphatic rings. The highest BCUT2D eigenvalue weighted by Crippen LogP contribution is 2.43.